The third-order valence-electron chi connectivity index (χ3n) is 2.70. The summed E-state index contributed by atoms with van der Waals surface area (Å²) in [6.07, 6.45) is -1.49. The molecule has 6 heteroatoms. The van der Waals surface area contributed by atoms with E-state index in [1.54, 1.807) is 0 Å². The summed E-state index contributed by atoms with van der Waals surface area (Å²) in [5.74, 6) is 0.751. The third-order valence-corrected chi connectivity index (χ3v) is 3.39. The Morgan fingerprint density at radius 1 is 1.22 bits per heavy atom. The molecule has 18 heavy (non-hydrogen) atoms. The van der Waals surface area contributed by atoms with Crippen LogP contribution in [0.1, 0.15) is 24.8 Å². The van der Waals surface area contributed by atoms with Crippen LogP contribution >= 0.6 is 15.9 Å². The minimum absolute atomic E-state index is 0.408. The summed E-state index contributed by atoms with van der Waals surface area (Å²) in [6, 6.07) is 3.55. The van der Waals surface area contributed by atoms with E-state index in [0.29, 0.717) is 10.2 Å². The average Bonchev–Trinajstić information content (AvgIpc) is 2.32. The number of benzene rings is 1. The van der Waals surface area contributed by atoms with Crippen molar-refractivity contribution >= 4 is 27.5 Å². The summed E-state index contributed by atoms with van der Waals surface area (Å²) >= 11 is 3.24. The van der Waals surface area contributed by atoms with Gasteiger partial charge in [0.2, 0.25) is 0 Å². The summed E-state index contributed by atoms with van der Waals surface area (Å²) in [6.45, 7) is 0.735. The maximum atomic E-state index is 12.6. The Morgan fingerprint density at radius 2 is 2.00 bits per heavy atom. The van der Waals surface area contributed by atoms with E-state index < -0.39 is 11.7 Å². The van der Waals surface area contributed by atoms with E-state index in [9.17, 15) is 13.2 Å². The molecule has 0 fully saturated rings. The van der Waals surface area contributed by atoms with E-state index in [1.807, 2.05) is 0 Å². The molecule has 1 aromatic carbocycles. The molecule has 0 saturated carbocycles. The Morgan fingerprint density at radius 3 is 2.61 bits per heavy atom. The van der Waals surface area contributed by atoms with E-state index in [-0.39, 0.29) is 0 Å². The van der Waals surface area contributed by atoms with Crippen molar-refractivity contribution < 1.29 is 13.2 Å². The molecule has 1 aliphatic heterocycles. The van der Waals surface area contributed by atoms with Gasteiger partial charge in [-0.2, -0.15) is 13.2 Å². The zero-order valence-corrected chi connectivity index (χ0v) is 11.1. The van der Waals surface area contributed by atoms with Crippen molar-refractivity contribution in [1.82, 2.24) is 0 Å². The Balaban J connectivity index is 2.24. The van der Waals surface area contributed by atoms with E-state index in [0.717, 1.165) is 43.8 Å². The first-order valence-electron chi connectivity index (χ1n) is 5.64. The van der Waals surface area contributed by atoms with Crippen molar-refractivity contribution in [2.24, 2.45) is 4.99 Å². The molecular weight excluding hydrogens is 309 g/mol. The number of aliphatic imine (C=N–C) groups is 1. The highest BCUT2D eigenvalue weighted by molar-refractivity contribution is 9.10. The zero-order chi connectivity index (χ0) is 13.2. The van der Waals surface area contributed by atoms with Gasteiger partial charge in [0, 0.05) is 17.4 Å². The van der Waals surface area contributed by atoms with Crippen LogP contribution in [0.4, 0.5) is 18.9 Å². The lowest BCUT2D eigenvalue weighted by Gasteiger charge is -2.16. The first-order valence-corrected chi connectivity index (χ1v) is 6.43. The largest absolute Gasteiger partial charge is 0.416 e. The van der Waals surface area contributed by atoms with Gasteiger partial charge in [0.15, 0.2) is 0 Å². The fraction of sp³-hybridized carbons (Fsp3) is 0.417. The minimum Gasteiger partial charge on any atom is -0.343 e. The molecule has 0 atom stereocenters. The molecule has 1 aromatic rings. The Kier molecular flexibility index (Phi) is 3.94. The molecular formula is C12H12BrF3N2. The number of hydrogen-bond acceptors (Lipinski definition) is 2. The monoisotopic (exact) mass is 320 g/mol. The van der Waals surface area contributed by atoms with Gasteiger partial charge in [-0.1, -0.05) is 0 Å². The molecule has 0 radical (unpaired) electrons. The number of alkyl halides is 3. The van der Waals surface area contributed by atoms with Gasteiger partial charge >= 0.3 is 6.18 Å². The highest BCUT2D eigenvalue weighted by Gasteiger charge is 2.31. The fourth-order valence-corrected chi connectivity index (χ4v) is 2.10. The van der Waals surface area contributed by atoms with Crippen molar-refractivity contribution in [2.45, 2.75) is 25.4 Å². The molecule has 0 amide bonds. The Labute approximate surface area is 111 Å². The number of anilines is 1. The van der Waals surface area contributed by atoms with Crippen LogP contribution in [0.15, 0.2) is 27.7 Å². The molecule has 1 heterocycles. The molecule has 0 bridgehead atoms. The lowest BCUT2D eigenvalue weighted by atomic mass is 10.1. The van der Waals surface area contributed by atoms with Crippen LogP contribution in [0.3, 0.4) is 0 Å². The second-order valence-electron chi connectivity index (χ2n) is 4.10. The molecule has 2 nitrogen and oxygen atoms in total. The molecule has 98 valence electrons. The lowest BCUT2D eigenvalue weighted by Crippen LogP contribution is -2.17. The quantitative estimate of drug-likeness (QED) is 0.811. The summed E-state index contributed by atoms with van der Waals surface area (Å²) in [5, 5.41) is 2.96. The van der Waals surface area contributed by atoms with Gasteiger partial charge in [-0.25, -0.2) is 0 Å². The smallest absolute Gasteiger partial charge is 0.343 e. The maximum Gasteiger partial charge on any atom is 0.416 e. The minimum atomic E-state index is -4.33. The van der Waals surface area contributed by atoms with Gasteiger partial charge in [0.1, 0.15) is 5.84 Å². The predicted octanol–water partition coefficient (Wildman–Crippen LogP) is 4.46. The normalized spacial score (nSPS) is 16.3. The van der Waals surface area contributed by atoms with Crippen molar-refractivity contribution in [2.75, 3.05) is 11.9 Å². The van der Waals surface area contributed by atoms with Crippen molar-refractivity contribution in [3.05, 3.63) is 28.2 Å². The van der Waals surface area contributed by atoms with Crippen molar-refractivity contribution in [3.8, 4) is 0 Å². The highest BCUT2D eigenvalue weighted by Crippen LogP contribution is 2.34. The van der Waals surface area contributed by atoms with Gasteiger partial charge in [0.25, 0.3) is 0 Å². The van der Waals surface area contributed by atoms with E-state index in [4.69, 9.17) is 0 Å². The number of amidine groups is 1. The SMILES string of the molecule is FC(F)(F)c1ccc(Br)c(NC2=NCCCC2)c1. The van der Waals surface area contributed by atoms with Crippen LogP contribution < -0.4 is 5.32 Å². The lowest BCUT2D eigenvalue weighted by molar-refractivity contribution is -0.137. The van der Waals surface area contributed by atoms with Crippen LogP contribution in [-0.4, -0.2) is 12.4 Å². The van der Waals surface area contributed by atoms with Gasteiger partial charge in [0.05, 0.1) is 11.3 Å². The summed E-state index contributed by atoms with van der Waals surface area (Å²) in [5.41, 5.74) is -0.255. The van der Waals surface area contributed by atoms with Gasteiger partial charge < -0.3 is 5.32 Å². The van der Waals surface area contributed by atoms with Crippen LogP contribution in [0.25, 0.3) is 0 Å². The molecule has 0 unspecified atom stereocenters. The molecule has 1 aliphatic rings. The van der Waals surface area contributed by atoms with Crippen molar-refractivity contribution in [1.29, 1.82) is 0 Å². The molecule has 2 rings (SSSR count). The standard InChI is InChI=1S/C12H12BrF3N2/c13-9-5-4-8(12(14,15)16)7-10(9)18-11-3-1-2-6-17-11/h4-5,7H,1-3,6H2,(H,17,18). The first-order chi connectivity index (χ1) is 8.47. The number of rotatable bonds is 1. The second-order valence-corrected chi connectivity index (χ2v) is 4.96. The number of nitrogens with zero attached hydrogens (tertiary/aromatic N) is 1. The van der Waals surface area contributed by atoms with Gasteiger partial charge in [-0.15, -0.1) is 0 Å². The van der Waals surface area contributed by atoms with Gasteiger partial charge in [-0.3, -0.25) is 4.99 Å². The topological polar surface area (TPSA) is 24.4 Å². The van der Waals surface area contributed by atoms with Crippen LogP contribution in [0.2, 0.25) is 0 Å². The third kappa shape index (κ3) is 3.25. The summed E-state index contributed by atoms with van der Waals surface area (Å²) in [7, 11) is 0. The predicted molar refractivity (Wildman–Crippen MR) is 68.9 cm³/mol. The highest BCUT2D eigenvalue weighted by atomic mass is 79.9. The van der Waals surface area contributed by atoms with Crippen LogP contribution in [0, 0.1) is 0 Å². The Hall–Kier alpha value is -1.04. The number of hydrogen-bond donors (Lipinski definition) is 1. The first kappa shape index (κ1) is 13.4. The van der Waals surface area contributed by atoms with Crippen molar-refractivity contribution in [3.63, 3.8) is 0 Å². The molecule has 0 saturated heterocycles. The molecule has 0 aromatic heterocycles. The number of nitrogens with one attached hydrogen (secondary N) is 1. The average molecular weight is 321 g/mol. The maximum absolute atomic E-state index is 12.6. The van der Waals surface area contributed by atoms with Crippen LogP contribution in [-0.2, 0) is 6.18 Å². The Bertz CT molecular complexity index is 469. The summed E-state index contributed by atoms with van der Waals surface area (Å²) in [4.78, 5) is 4.26. The summed E-state index contributed by atoms with van der Waals surface area (Å²) < 4.78 is 38.4. The van der Waals surface area contributed by atoms with E-state index >= 15 is 0 Å². The van der Waals surface area contributed by atoms with E-state index in [1.165, 1.54) is 6.07 Å². The molecule has 0 spiro atoms. The molecule has 0 aliphatic carbocycles. The number of halogens is 4. The van der Waals surface area contributed by atoms with Crippen LogP contribution in [0.5, 0.6) is 0 Å². The zero-order valence-electron chi connectivity index (χ0n) is 9.52. The van der Waals surface area contributed by atoms with E-state index in [2.05, 4.69) is 26.2 Å². The molecule has 1 N–H and O–H groups in total. The second kappa shape index (κ2) is 5.30. The fourth-order valence-electron chi connectivity index (χ4n) is 1.75. The van der Waals surface area contributed by atoms with Gasteiger partial charge in [-0.05, 0) is 47.0 Å².